The Bertz CT molecular complexity index is 780. The van der Waals surface area contributed by atoms with E-state index in [-0.39, 0.29) is 24.7 Å². The molecule has 0 aliphatic rings. The van der Waals surface area contributed by atoms with E-state index >= 15 is 0 Å². The van der Waals surface area contributed by atoms with E-state index in [1.54, 1.807) is 24.3 Å². The number of ether oxygens (including phenoxy) is 1. The molecule has 0 fully saturated rings. The van der Waals surface area contributed by atoms with Crippen LogP contribution in [0.5, 0.6) is 5.75 Å². The summed E-state index contributed by atoms with van der Waals surface area (Å²) in [7, 11) is 0. The van der Waals surface area contributed by atoms with Crippen LogP contribution < -0.4 is 10.1 Å². The van der Waals surface area contributed by atoms with E-state index in [4.69, 9.17) is 13.6 Å². The Morgan fingerprint density at radius 1 is 1.20 bits per heavy atom. The fraction of sp³-hybridized carbons (Fsp3) is 0.167. The van der Waals surface area contributed by atoms with E-state index in [2.05, 4.69) is 5.32 Å². The van der Waals surface area contributed by atoms with Crippen molar-refractivity contribution in [3.63, 3.8) is 0 Å². The van der Waals surface area contributed by atoms with Crippen LogP contribution in [0.4, 0.5) is 4.39 Å². The SMILES string of the molecule is O=C(COc1ccccc1F)NC[C@](O)(c1ccoc1)c1ccco1. The number of hydrogen-bond acceptors (Lipinski definition) is 5. The van der Waals surface area contributed by atoms with Gasteiger partial charge in [0, 0.05) is 5.56 Å². The number of carbonyl (C=O) groups excluding carboxylic acids is 1. The maximum atomic E-state index is 13.5. The summed E-state index contributed by atoms with van der Waals surface area (Å²) in [6.07, 6.45) is 4.19. The van der Waals surface area contributed by atoms with Crippen LogP contribution in [0.1, 0.15) is 11.3 Å². The molecule has 0 saturated heterocycles. The second kappa shape index (κ2) is 7.23. The van der Waals surface area contributed by atoms with Gasteiger partial charge in [0.15, 0.2) is 23.8 Å². The molecule has 6 nitrogen and oxygen atoms in total. The molecule has 0 aliphatic heterocycles. The lowest BCUT2D eigenvalue weighted by Gasteiger charge is -2.25. The number of halogens is 1. The summed E-state index contributed by atoms with van der Waals surface area (Å²) < 4.78 is 28.9. The zero-order valence-corrected chi connectivity index (χ0v) is 13.1. The molecule has 3 aromatic rings. The number of benzene rings is 1. The van der Waals surface area contributed by atoms with Crippen molar-refractivity contribution in [3.8, 4) is 5.75 Å². The molecule has 0 aliphatic carbocycles. The van der Waals surface area contributed by atoms with Crippen molar-refractivity contribution in [2.75, 3.05) is 13.2 Å². The maximum absolute atomic E-state index is 13.5. The van der Waals surface area contributed by atoms with Crippen molar-refractivity contribution in [2.24, 2.45) is 0 Å². The first kappa shape index (κ1) is 16.8. The predicted molar refractivity (Wildman–Crippen MR) is 85.3 cm³/mol. The van der Waals surface area contributed by atoms with E-state index in [1.165, 1.54) is 37.0 Å². The van der Waals surface area contributed by atoms with Gasteiger partial charge in [-0.2, -0.15) is 0 Å². The van der Waals surface area contributed by atoms with Gasteiger partial charge in [-0.1, -0.05) is 12.1 Å². The highest BCUT2D eigenvalue weighted by Crippen LogP contribution is 2.29. The number of nitrogens with one attached hydrogen (secondary N) is 1. The number of amides is 1. The molecule has 3 rings (SSSR count). The van der Waals surface area contributed by atoms with Crippen molar-refractivity contribution < 1.29 is 27.9 Å². The van der Waals surface area contributed by atoms with Crippen molar-refractivity contribution in [2.45, 2.75) is 5.60 Å². The lowest BCUT2D eigenvalue weighted by atomic mass is 9.93. The zero-order chi connectivity index (χ0) is 17.7. The van der Waals surface area contributed by atoms with Gasteiger partial charge < -0.3 is 24.0 Å². The Labute approximate surface area is 142 Å². The second-order valence-electron chi connectivity index (χ2n) is 5.35. The Balaban J connectivity index is 1.64. The minimum absolute atomic E-state index is 0.0196. The van der Waals surface area contributed by atoms with Gasteiger partial charge in [0.05, 0.1) is 25.3 Å². The molecule has 0 spiro atoms. The number of para-hydroxylation sites is 1. The van der Waals surface area contributed by atoms with Crippen LogP contribution >= 0.6 is 0 Å². The van der Waals surface area contributed by atoms with Crippen LogP contribution in [-0.4, -0.2) is 24.2 Å². The van der Waals surface area contributed by atoms with Crippen molar-refractivity contribution in [1.29, 1.82) is 0 Å². The molecule has 0 saturated carbocycles. The average molecular weight is 345 g/mol. The Morgan fingerprint density at radius 2 is 2.04 bits per heavy atom. The third-order valence-electron chi connectivity index (χ3n) is 3.66. The number of hydrogen-bond donors (Lipinski definition) is 2. The average Bonchev–Trinajstić information content (AvgIpc) is 3.32. The van der Waals surface area contributed by atoms with E-state index < -0.39 is 17.3 Å². The van der Waals surface area contributed by atoms with Gasteiger partial charge in [-0.3, -0.25) is 4.79 Å². The summed E-state index contributed by atoms with van der Waals surface area (Å²) in [5, 5.41) is 13.5. The van der Waals surface area contributed by atoms with Gasteiger partial charge in [0.25, 0.3) is 5.91 Å². The monoisotopic (exact) mass is 345 g/mol. The number of aliphatic hydroxyl groups is 1. The van der Waals surface area contributed by atoms with E-state index in [9.17, 15) is 14.3 Å². The highest BCUT2D eigenvalue weighted by molar-refractivity contribution is 5.77. The minimum Gasteiger partial charge on any atom is -0.481 e. The summed E-state index contributed by atoms with van der Waals surface area (Å²) >= 11 is 0. The molecule has 2 N–H and O–H groups in total. The molecule has 2 aromatic heterocycles. The largest absolute Gasteiger partial charge is 0.481 e. The quantitative estimate of drug-likeness (QED) is 0.687. The molecular weight excluding hydrogens is 329 g/mol. The fourth-order valence-corrected chi connectivity index (χ4v) is 2.33. The topological polar surface area (TPSA) is 84.8 Å². The van der Waals surface area contributed by atoms with Crippen LogP contribution in [0.25, 0.3) is 0 Å². The standard InChI is InChI=1S/C18H16FNO5/c19-14-4-1-2-5-15(14)25-11-17(21)20-12-18(22,13-7-9-23-10-13)16-6-3-8-24-16/h1-10,22H,11-12H2,(H,20,21)/t18-/m0/s1. The summed E-state index contributed by atoms with van der Waals surface area (Å²) in [6, 6.07) is 10.6. The molecule has 1 amide bonds. The molecule has 1 atom stereocenters. The van der Waals surface area contributed by atoms with Gasteiger partial charge in [-0.05, 0) is 30.3 Å². The highest BCUT2D eigenvalue weighted by Gasteiger charge is 2.36. The van der Waals surface area contributed by atoms with Crippen LogP contribution in [0.2, 0.25) is 0 Å². The molecule has 2 heterocycles. The molecule has 25 heavy (non-hydrogen) atoms. The molecule has 1 aromatic carbocycles. The second-order valence-corrected chi connectivity index (χ2v) is 5.35. The van der Waals surface area contributed by atoms with Gasteiger partial charge in [0.2, 0.25) is 0 Å². The number of rotatable bonds is 7. The normalized spacial score (nSPS) is 13.2. The summed E-state index contributed by atoms with van der Waals surface area (Å²) in [6.45, 7) is -0.555. The Morgan fingerprint density at radius 3 is 2.72 bits per heavy atom. The Hall–Kier alpha value is -3.06. The predicted octanol–water partition coefficient (Wildman–Crippen LogP) is 2.44. The van der Waals surface area contributed by atoms with Gasteiger partial charge >= 0.3 is 0 Å². The van der Waals surface area contributed by atoms with Gasteiger partial charge in [-0.25, -0.2) is 4.39 Å². The van der Waals surface area contributed by atoms with Crippen molar-refractivity contribution >= 4 is 5.91 Å². The lowest BCUT2D eigenvalue weighted by Crippen LogP contribution is -2.42. The first-order chi connectivity index (χ1) is 12.1. The smallest absolute Gasteiger partial charge is 0.258 e. The third-order valence-corrected chi connectivity index (χ3v) is 3.66. The number of furan rings is 2. The molecule has 0 unspecified atom stereocenters. The zero-order valence-electron chi connectivity index (χ0n) is 13.1. The van der Waals surface area contributed by atoms with Crippen molar-refractivity contribution in [1.82, 2.24) is 5.32 Å². The third kappa shape index (κ3) is 3.72. The molecule has 130 valence electrons. The van der Waals surface area contributed by atoms with Crippen molar-refractivity contribution in [3.05, 3.63) is 78.4 Å². The lowest BCUT2D eigenvalue weighted by molar-refractivity contribution is -0.124. The molecule has 0 radical (unpaired) electrons. The minimum atomic E-state index is -1.59. The first-order valence-electron chi connectivity index (χ1n) is 7.52. The van der Waals surface area contributed by atoms with Crippen LogP contribution in [0.3, 0.4) is 0 Å². The molecular formula is C18H16FNO5. The fourth-order valence-electron chi connectivity index (χ4n) is 2.33. The highest BCUT2D eigenvalue weighted by atomic mass is 19.1. The summed E-state index contributed by atoms with van der Waals surface area (Å²) in [5.74, 6) is -0.837. The first-order valence-corrected chi connectivity index (χ1v) is 7.52. The molecule has 0 bridgehead atoms. The Kier molecular flexibility index (Phi) is 4.85. The van der Waals surface area contributed by atoms with Crippen LogP contribution in [0, 0.1) is 5.82 Å². The van der Waals surface area contributed by atoms with E-state index in [0.29, 0.717) is 5.56 Å². The molecule has 7 heteroatoms. The number of carbonyl (C=O) groups is 1. The van der Waals surface area contributed by atoms with Gasteiger partial charge in [0.1, 0.15) is 5.76 Å². The van der Waals surface area contributed by atoms with Gasteiger partial charge in [-0.15, -0.1) is 0 Å². The summed E-state index contributed by atoms with van der Waals surface area (Å²) in [5.41, 5.74) is -1.16. The maximum Gasteiger partial charge on any atom is 0.258 e. The van der Waals surface area contributed by atoms with E-state index in [0.717, 1.165) is 0 Å². The van der Waals surface area contributed by atoms with Crippen LogP contribution in [0.15, 0.2) is 70.1 Å². The van der Waals surface area contributed by atoms with Crippen LogP contribution in [-0.2, 0) is 10.4 Å². The van der Waals surface area contributed by atoms with E-state index in [1.807, 2.05) is 0 Å². The summed E-state index contributed by atoms with van der Waals surface area (Å²) in [4.78, 5) is 12.0.